The third kappa shape index (κ3) is 1.05. The van der Waals surface area contributed by atoms with Gasteiger partial charge in [-0.15, -0.1) is 0 Å². The van der Waals surface area contributed by atoms with Crippen molar-refractivity contribution in [2.75, 3.05) is 0 Å². The monoisotopic (exact) mass is 210 g/mol. The molecule has 2 aromatic carbocycles. The molecule has 3 heteroatoms. The number of hydrazone groups is 1. The van der Waals surface area contributed by atoms with Crippen molar-refractivity contribution in [3.05, 3.63) is 53.6 Å². The number of nitrogens with two attached hydrogens (primary N) is 1. The van der Waals surface area contributed by atoms with E-state index in [0.717, 1.165) is 28.0 Å². The predicted octanol–water partition coefficient (Wildman–Crippen LogP) is 2.08. The zero-order chi connectivity index (χ0) is 11.1. The highest BCUT2D eigenvalue weighted by Crippen LogP contribution is 2.37. The Morgan fingerprint density at radius 1 is 0.875 bits per heavy atom. The van der Waals surface area contributed by atoms with E-state index in [-0.39, 0.29) is 5.75 Å². The minimum absolute atomic E-state index is 0.229. The number of hydrogen-bond acceptors (Lipinski definition) is 3. The van der Waals surface area contributed by atoms with Gasteiger partial charge in [0, 0.05) is 11.1 Å². The van der Waals surface area contributed by atoms with Gasteiger partial charge < -0.3 is 10.9 Å². The zero-order valence-corrected chi connectivity index (χ0v) is 8.51. The lowest BCUT2D eigenvalue weighted by Gasteiger charge is -1.99. The molecule has 1 aliphatic rings. The van der Waals surface area contributed by atoms with E-state index in [1.54, 1.807) is 12.1 Å². The zero-order valence-electron chi connectivity index (χ0n) is 8.51. The maximum absolute atomic E-state index is 9.49. The fourth-order valence-electron chi connectivity index (χ4n) is 2.17. The molecule has 78 valence electrons. The molecule has 0 radical (unpaired) electrons. The van der Waals surface area contributed by atoms with Crippen molar-refractivity contribution in [2.24, 2.45) is 10.9 Å². The first-order valence-electron chi connectivity index (χ1n) is 5.02. The Hall–Kier alpha value is -2.29. The second kappa shape index (κ2) is 3.10. The lowest BCUT2D eigenvalue weighted by atomic mass is 10.1. The first-order chi connectivity index (χ1) is 7.81. The van der Waals surface area contributed by atoms with Crippen molar-refractivity contribution in [3.8, 4) is 16.9 Å². The molecule has 0 amide bonds. The molecule has 16 heavy (non-hydrogen) atoms. The normalized spacial score (nSPS) is 14.9. The minimum atomic E-state index is 0.229. The number of phenols is 1. The Morgan fingerprint density at radius 2 is 1.56 bits per heavy atom. The van der Waals surface area contributed by atoms with E-state index in [0.29, 0.717) is 0 Å². The Bertz CT molecular complexity index is 603. The average molecular weight is 210 g/mol. The van der Waals surface area contributed by atoms with Gasteiger partial charge in [0.2, 0.25) is 0 Å². The highest BCUT2D eigenvalue weighted by molar-refractivity contribution is 6.24. The Labute approximate surface area is 92.8 Å². The lowest BCUT2D eigenvalue weighted by molar-refractivity contribution is 0.475. The van der Waals surface area contributed by atoms with E-state index >= 15 is 0 Å². The fraction of sp³-hybridized carbons (Fsp3) is 0. The minimum Gasteiger partial charge on any atom is -0.508 e. The van der Waals surface area contributed by atoms with Gasteiger partial charge in [-0.3, -0.25) is 0 Å². The van der Waals surface area contributed by atoms with Crippen LogP contribution in [0.1, 0.15) is 11.1 Å². The Balaban J connectivity index is 2.39. The van der Waals surface area contributed by atoms with Crippen molar-refractivity contribution < 1.29 is 5.11 Å². The molecule has 3 rings (SSSR count). The van der Waals surface area contributed by atoms with E-state index in [1.807, 2.05) is 30.3 Å². The summed E-state index contributed by atoms with van der Waals surface area (Å²) in [6, 6.07) is 13.2. The Kier molecular flexibility index (Phi) is 1.74. The molecule has 0 aliphatic heterocycles. The van der Waals surface area contributed by atoms with Gasteiger partial charge in [0.25, 0.3) is 0 Å². The second-order valence-electron chi connectivity index (χ2n) is 3.75. The molecule has 0 spiro atoms. The molecule has 0 aromatic heterocycles. The van der Waals surface area contributed by atoms with Crippen LogP contribution in [0, 0.1) is 0 Å². The molecule has 0 saturated heterocycles. The van der Waals surface area contributed by atoms with Crippen molar-refractivity contribution >= 4 is 5.71 Å². The van der Waals surface area contributed by atoms with Crippen LogP contribution in [0.5, 0.6) is 5.75 Å². The standard InChI is InChI=1S/C13H10N2O/c14-15-13-11-4-2-1-3-9(11)10-6-5-8(16)7-12(10)13/h1-7,16H,14H2. The number of nitrogens with zero attached hydrogens (tertiary/aromatic N) is 1. The topological polar surface area (TPSA) is 58.6 Å². The highest BCUT2D eigenvalue weighted by Gasteiger charge is 2.24. The van der Waals surface area contributed by atoms with Gasteiger partial charge in [-0.1, -0.05) is 30.3 Å². The largest absolute Gasteiger partial charge is 0.508 e. The first-order valence-corrected chi connectivity index (χ1v) is 5.02. The molecule has 0 unspecified atom stereocenters. The Morgan fingerprint density at radius 3 is 2.31 bits per heavy atom. The van der Waals surface area contributed by atoms with Crippen molar-refractivity contribution in [2.45, 2.75) is 0 Å². The molecular formula is C13H10N2O. The summed E-state index contributed by atoms with van der Waals surface area (Å²) in [5.41, 5.74) is 4.83. The van der Waals surface area contributed by atoms with Crippen molar-refractivity contribution in [3.63, 3.8) is 0 Å². The van der Waals surface area contributed by atoms with E-state index < -0.39 is 0 Å². The number of phenolic OH excluding ortho intramolecular Hbond substituents is 1. The van der Waals surface area contributed by atoms with Crippen LogP contribution in [0.25, 0.3) is 11.1 Å². The molecular weight excluding hydrogens is 200 g/mol. The van der Waals surface area contributed by atoms with Crippen LogP contribution >= 0.6 is 0 Å². The van der Waals surface area contributed by atoms with Crippen molar-refractivity contribution in [1.82, 2.24) is 0 Å². The summed E-state index contributed by atoms with van der Waals surface area (Å²) in [5, 5.41) is 13.3. The third-order valence-corrected chi connectivity index (χ3v) is 2.86. The lowest BCUT2D eigenvalue weighted by Crippen LogP contribution is -2.01. The summed E-state index contributed by atoms with van der Waals surface area (Å²) in [6.45, 7) is 0. The predicted molar refractivity (Wildman–Crippen MR) is 63.4 cm³/mol. The second-order valence-corrected chi connectivity index (χ2v) is 3.75. The van der Waals surface area contributed by atoms with Crippen LogP contribution in [0.4, 0.5) is 0 Å². The number of hydrogen-bond donors (Lipinski definition) is 2. The smallest absolute Gasteiger partial charge is 0.116 e. The third-order valence-electron chi connectivity index (χ3n) is 2.86. The van der Waals surface area contributed by atoms with Crippen LogP contribution in [0.3, 0.4) is 0 Å². The number of rotatable bonds is 0. The van der Waals surface area contributed by atoms with Gasteiger partial charge in [-0.2, -0.15) is 5.10 Å². The fourth-order valence-corrected chi connectivity index (χ4v) is 2.17. The number of aromatic hydroxyl groups is 1. The SMILES string of the molecule is NN=C1c2ccccc2-c2ccc(O)cc21. The van der Waals surface area contributed by atoms with Gasteiger partial charge >= 0.3 is 0 Å². The molecule has 2 aromatic rings. The van der Waals surface area contributed by atoms with E-state index in [2.05, 4.69) is 5.10 Å². The van der Waals surface area contributed by atoms with E-state index in [4.69, 9.17) is 5.84 Å². The van der Waals surface area contributed by atoms with Crippen LogP contribution in [0.2, 0.25) is 0 Å². The van der Waals surface area contributed by atoms with Crippen LogP contribution in [-0.4, -0.2) is 10.8 Å². The molecule has 1 aliphatic carbocycles. The molecule has 0 heterocycles. The van der Waals surface area contributed by atoms with Gasteiger partial charge in [-0.25, -0.2) is 0 Å². The molecule has 0 fully saturated rings. The van der Waals surface area contributed by atoms with Crippen LogP contribution in [-0.2, 0) is 0 Å². The molecule has 3 N–H and O–H groups in total. The first kappa shape index (κ1) is 8.97. The summed E-state index contributed by atoms with van der Waals surface area (Å²) >= 11 is 0. The van der Waals surface area contributed by atoms with Gasteiger partial charge in [0.1, 0.15) is 5.75 Å². The molecule has 3 nitrogen and oxygen atoms in total. The average Bonchev–Trinajstić information content (AvgIpc) is 2.61. The maximum atomic E-state index is 9.49. The summed E-state index contributed by atoms with van der Waals surface area (Å²) in [7, 11) is 0. The summed E-state index contributed by atoms with van der Waals surface area (Å²) < 4.78 is 0. The van der Waals surface area contributed by atoms with Gasteiger partial charge in [0.15, 0.2) is 0 Å². The molecule has 0 bridgehead atoms. The van der Waals surface area contributed by atoms with E-state index in [1.165, 1.54) is 0 Å². The van der Waals surface area contributed by atoms with Crippen LogP contribution in [0.15, 0.2) is 47.6 Å². The summed E-state index contributed by atoms with van der Waals surface area (Å²) in [6.07, 6.45) is 0. The van der Waals surface area contributed by atoms with Crippen molar-refractivity contribution in [1.29, 1.82) is 0 Å². The van der Waals surface area contributed by atoms with Gasteiger partial charge in [-0.05, 0) is 23.3 Å². The number of benzene rings is 2. The molecule has 0 atom stereocenters. The summed E-state index contributed by atoms with van der Waals surface area (Å²) in [4.78, 5) is 0. The van der Waals surface area contributed by atoms with Crippen LogP contribution < -0.4 is 5.84 Å². The van der Waals surface area contributed by atoms with Gasteiger partial charge in [0.05, 0.1) is 5.71 Å². The quantitative estimate of drug-likeness (QED) is 0.441. The highest BCUT2D eigenvalue weighted by atomic mass is 16.3. The summed E-state index contributed by atoms with van der Waals surface area (Å²) in [5.74, 6) is 5.65. The molecule has 0 saturated carbocycles. The van der Waals surface area contributed by atoms with E-state index in [9.17, 15) is 5.11 Å². The maximum Gasteiger partial charge on any atom is 0.116 e. The number of fused-ring (bicyclic) bond motifs is 3.